The monoisotopic (exact) mass is 310 g/mol. The molecule has 1 aromatic heterocycles. The summed E-state index contributed by atoms with van der Waals surface area (Å²) in [7, 11) is 0. The Morgan fingerprint density at radius 2 is 2.06 bits per heavy atom. The fourth-order valence-electron chi connectivity index (χ4n) is 1.38. The Morgan fingerprint density at radius 3 is 2.76 bits per heavy atom. The van der Waals surface area contributed by atoms with Crippen LogP contribution in [0.2, 0.25) is 0 Å². The average molecular weight is 311 g/mol. The summed E-state index contributed by atoms with van der Waals surface area (Å²) in [5.74, 6) is 1.35. The molecule has 88 valence electrons. The smallest absolute Gasteiger partial charge is 0.150 e. The maximum atomic E-state index is 11.7. The molecule has 0 atom stereocenters. The van der Waals surface area contributed by atoms with E-state index in [4.69, 9.17) is 4.42 Å². The van der Waals surface area contributed by atoms with Crippen molar-refractivity contribution in [2.75, 3.05) is 5.75 Å². The minimum atomic E-state index is 0.167. The van der Waals surface area contributed by atoms with E-state index < -0.39 is 0 Å². The van der Waals surface area contributed by atoms with Gasteiger partial charge < -0.3 is 4.42 Å². The molecule has 0 spiro atoms. The molecule has 0 bridgehead atoms. The van der Waals surface area contributed by atoms with Crippen molar-refractivity contribution in [2.24, 2.45) is 0 Å². The molecule has 4 heteroatoms. The third kappa shape index (κ3) is 3.75. The molecular formula is C13H11BrO2S. The lowest BCUT2D eigenvalue weighted by molar-refractivity contribution is -0.116. The lowest BCUT2D eigenvalue weighted by atomic mass is 10.2. The number of Topliss-reactive ketones (excluding diaryl/α,β-unsaturated/α-hetero) is 1. The zero-order valence-electron chi connectivity index (χ0n) is 9.06. The molecule has 2 nitrogen and oxygen atoms in total. The Balaban J connectivity index is 1.86. The summed E-state index contributed by atoms with van der Waals surface area (Å²) in [5, 5.41) is 0. The lowest BCUT2D eigenvalue weighted by Crippen LogP contribution is -2.04. The minimum Gasteiger partial charge on any atom is -0.469 e. The molecule has 0 aliphatic rings. The maximum Gasteiger partial charge on any atom is 0.150 e. The number of rotatable bonds is 5. The third-order valence-electron chi connectivity index (χ3n) is 2.18. The Kier molecular flexibility index (Phi) is 4.45. The summed E-state index contributed by atoms with van der Waals surface area (Å²) in [5.41, 5.74) is 0. The normalized spacial score (nSPS) is 10.4. The van der Waals surface area contributed by atoms with Crippen LogP contribution in [0.4, 0.5) is 0 Å². The van der Waals surface area contributed by atoms with Gasteiger partial charge in [0.05, 0.1) is 18.4 Å². The van der Waals surface area contributed by atoms with E-state index in [1.807, 2.05) is 30.3 Å². The van der Waals surface area contributed by atoms with Crippen LogP contribution in [0.25, 0.3) is 0 Å². The van der Waals surface area contributed by atoms with Crippen molar-refractivity contribution in [2.45, 2.75) is 11.3 Å². The van der Waals surface area contributed by atoms with Gasteiger partial charge in [0.25, 0.3) is 0 Å². The first-order valence-electron chi connectivity index (χ1n) is 5.17. The molecule has 1 aromatic carbocycles. The Hall–Kier alpha value is -1.00. The van der Waals surface area contributed by atoms with E-state index >= 15 is 0 Å². The largest absolute Gasteiger partial charge is 0.469 e. The number of ketones is 1. The summed E-state index contributed by atoms with van der Waals surface area (Å²) < 4.78 is 6.16. The molecule has 0 saturated heterocycles. The first kappa shape index (κ1) is 12.5. The predicted octanol–water partition coefficient (Wildman–Crippen LogP) is 3.95. The highest BCUT2D eigenvalue weighted by Crippen LogP contribution is 2.27. The highest BCUT2D eigenvalue weighted by atomic mass is 79.9. The fraction of sp³-hybridized carbons (Fsp3) is 0.154. The van der Waals surface area contributed by atoms with Crippen molar-refractivity contribution in [1.29, 1.82) is 0 Å². The molecule has 0 aliphatic carbocycles. The van der Waals surface area contributed by atoms with E-state index in [1.54, 1.807) is 12.3 Å². The number of thioether (sulfide) groups is 1. The first-order chi connectivity index (χ1) is 8.25. The summed E-state index contributed by atoms with van der Waals surface area (Å²) >= 11 is 5.00. The van der Waals surface area contributed by atoms with Gasteiger partial charge in [-0.2, -0.15) is 0 Å². The van der Waals surface area contributed by atoms with Gasteiger partial charge in [0.1, 0.15) is 5.76 Å². The van der Waals surface area contributed by atoms with E-state index in [9.17, 15) is 4.79 Å². The van der Waals surface area contributed by atoms with Crippen LogP contribution in [0.5, 0.6) is 0 Å². The van der Waals surface area contributed by atoms with E-state index in [2.05, 4.69) is 15.9 Å². The van der Waals surface area contributed by atoms with Crippen molar-refractivity contribution in [1.82, 2.24) is 0 Å². The number of furan rings is 1. The number of carbonyl (C=O) groups is 1. The SMILES string of the molecule is O=C(CSc1ccccc1Br)Cc1ccco1. The second-order valence-electron chi connectivity index (χ2n) is 3.51. The first-order valence-corrected chi connectivity index (χ1v) is 6.95. The quantitative estimate of drug-likeness (QED) is 0.783. The van der Waals surface area contributed by atoms with Gasteiger partial charge in [0.15, 0.2) is 5.78 Å². The van der Waals surface area contributed by atoms with Gasteiger partial charge in [-0.05, 0) is 40.2 Å². The van der Waals surface area contributed by atoms with Crippen LogP contribution >= 0.6 is 27.7 Å². The number of halogens is 1. The van der Waals surface area contributed by atoms with Gasteiger partial charge in [-0.15, -0.1) is 11.8 Å². The number of hydrogen-bond acceptors (Lipinski definition) is 3. The van der Waals surface area contributed by atoms with Crippen LogP contribution in [0.1, 0.15) is 5.76 Å². The van der Waals surface area contributed by atoms with Gasteiger partial charge in [-0.3, -0.25) is 4.79 Å². The Morgan fingerprint density at radius 1 is 1.24 bits per heavy atom. The Labute approximate surface area is 113 Å². The summed E-state index contributed by atoms with van der Waals surface area (Å²) in [6.45, 7) is 0. The molecule has 2 rings (SSSR count). The highest BCUT2D eigenvalue weighted by molar-refractivity contribution is 9.10. The third-order valence-corrected chi connectivity index (χ3v) is 4.26. The molecule has 17 heavy (non-hydrogen) atoms. The fourth-order valence-corrected chi connectivity index (χ4v) is 2.81. The summed E-state index contributed by atoms with van der Waals surface area (Å²) in [6, 6.07) is 11.5. The van der Waals surface area contributed by atoms with Crippen LogP contribution in [0.3, 0.4) is 0 Å². The van der Waals surface area contributed by atoms with Crippen molar-refractivity contribution in [3.8, 4) is 0 Å². The molecule has 0 radical (unpaired) electrons. The standard InChI is InChI=1S/C13H11BrO2S/c14-12-5-1-2-6-13(12)17-9-10(15)8-11-4-3-7-16-11/h1-7H,8-9H2. The molecule has 0 saturated carbocycles. The lowest BCUT2D eigenvalue weighted by Gasteiger charge is -2.02. The maximum absolute atomic E-state index is 11.7. The minimum absolute atomic E-state index is 0.167. The van der Waals surface area contributed by atoms with Crippen LogP contribution in [0.15, 0.2) is 56.4 Å². The molecule has 0 N–H and O–H groups in total. The predicted molar refractivity (Wildman–Crippen MR) is 72.3 cm³/mol. The molecular weight excluding hydrogens is 300 g/mol. The van der Waals surface area contributed by atoms with Gasteiger partial charge in [-0.1, -0.05) is 12.1 Å². The zero-order chi connectivity index (χ0) is 12.1. The number of carbonyl (C=O) groups excluding carboxylic acids is 1. The van der Waals surface area contributed by atoms with Crippen molar-refractivity contribution in [3.63, 3.8) is 0 Å². The number of benzene rings is 1. The van der Waals surface area contributed by atoms with Gasteiger partial charge in [0.2, 0.25) is 0 Å². The highest BCUT2D eigenvalue weighted by Gasteiger charge is 2.07. The second kappa shape index (κ2) is 6.07. The molecule has 0 amide bonds. The van der Waals surface area contributed by atoms with Crippen molar-refractivity contribution < 1.29 is 9.21 Å². The van der Waals surface area contributed by atoms with Gasteiger partial charge >= 0.3 is 0 Å². The summed E-state index contributed by atoms with van der Waals surface area (Å²) in [4.78, 5) is 12.8. The topological polar surface area (TPSA) is 30.2 Å². The molecule has 0 fully saturated rings. The van der Waals surface area contributed by atoms with Crippen LogP contribution in [-0.4, -0.2) is 11.5 Å². The second-order valence-corrected chi connectivity index (χ2v) is 5.39. The van der Waals surface area contributed by atoms with E-state index in [0.29, 0.717) is 12.2 Å². The van der Waals surface area contributed by atoms with E-state index in [0.717, 1.165) is 15.1 Å². The molecule has 2 aromatic rings. The summed E-state index contributed by atoms with van der Waals surface area (Å²) in [6.07, 6.45) is 1.95. The average Bonchev–Trinajstić information content (AvgIpc) is 2.81. The van der Waals surface area contributed by atoms with Crippen LogP contribution in [-0.2, 0) is 11.2 Å². The molecule has 1 heterocycles. The molecule has 0 unspecified atom stereocenters. The van der Waals surface area contributed by atoms with Crippen LogP contribution in [0, 0.1) is 0 Å². The zero-order valence-corrected chi connectivity index (χ0v) is 11.5. The van der Waals surface area contributed by atoms with Crippen molar-refractivity contribution >= 4 is 33.5 Å². The van der Waals surface area contributed by atoms with Gasteiger partial charge in [-0.25, -0.2) is 0 Å². The van der Waals surface area contributed by atoms with Crippen LogP contribution < -0.4 is 0 Å². The Bertz CT molecular complexity index is 494. The van der Waals surface area contributed by atoms with Gasteiger partial charge in [0, 0.05) is 9.37 Å². The number of hydrogen-bond donors (Lipinski definition) is 0. The van der Waals surface area contributed by atoms with E-state index in [-0.39, 0.29) is 5.78 Å². The van der Waals surface area contributed by atoms with E-state index in [1.165, 1.54) is 11.8 Å². The van der Waals surface area contributed by atoms with Crippen molar-refractivity contribution in [3.05, 3.63) is 52.9 Å². The molecule has 0 aliphatic heterocycles.